The molecule has 6 nitrogen and oxygen atoms in total. The molecule has 1 aromatic heterocycles. The summed E-state index contributed by atoms with van der Waals surface area (Å²) in [6.07, 6.45) is 1.20. The summed E-state index contributed by atoms with van der Waals surface area (Å²) < 4.78 is 0. The third-order valence-corrected chi connectivity index (χ3v) is 1.02. The number of nitrogen functional groups attached to an aromatic ring is 2. The van der Waals surface area contributed by atoms with E-state index in [1.54, 1.807) is 0 Å². The van der Waals surface area contributed by atoms with Crippen LogP contribution in [0.4, 0.5) is 11.6 Å². The Labute approximate surface area is 61.9 Å². The smallest absolute Gasteiger partial charge is 0.358 e. The molecule has 0 fully saturated rings. The minimum Gasteiger partial charge on any atom is -0.476 e. The van der Waals surface area contributed by atoms with E-state index in [0.717, 1.165) is 0 Å². The molecule has 1 aromatic rings. The molecule has 0 unspecified atom stereocenters. The summed E-state index contributed by atoms with van der Waals surface area (Å²) in [6.45, 7) is 0. The number of aromatic nitrogens is 2. The maximum absolute atomic E-state index is 10.3. The van der Waals surface area contributed by atoms with E-state index in [-0.39, 0.29) is 17.3 Å². The summed E-state index contributed by atoms with van der Waals surface area (Å²) in [5.41, 5.74) is 10.0. The number of carboxylic acid groups (broad SMARTS) is 1. The molecule has 58 valence electrons. The van der Waals surface area contributed by atoms with Gasteiger partial charge in [-0.2, -0.15) is 0 Å². The Bertz CT molecular complexity index is 299. The lowest BCUT2D eigenvalue weighted by Gasteiger charge is -1.97. The largest absolute Gasteiger partial charge is 0.476 e. The van der Waals surface area contributed by atoms with E-state index in [1.165, 1.54) is 6.20 Å². The van der Waals surface area contributed by atoms with Crippen LogP contribution in [0.25, 0.3) is 0 Å². The van der Waals surface area contributed by atoms with Crippen molar-refractivity contribution in [2.45, 2.75) is 0 Å². The minimum absolute atomic E-state index is 0.0385. The van der Waals surface area contributed by atoms with Gasteiger partial charge in [-0.25, -0.2) is 14.8 Å². The first-order valence-corrected chi connectivity index (χ1v) is 2.72. The van der Waals surface area contributed by atoms with Crippen molar-refractivity contribution >= 4 is 17.6 Å². The second-order valence-corrected chi connectivity index (χ2v) is 1.83. The number of nitrogens with zero attached hydrogens (tertiary/aromatic N) is 2. The van der Waals surface area contributed by atoms with E-state index in [2.05, 4.69) is 9.97 Å². The molecule has 5 N–H and O–H groups in total. The molecule has 0 saturated carbocycles. The summed E-state index contributed by atoms with van der Waals surface area (Å²) in [6, 6.07) is 0. The molecule has 1 heterocycles. The molecule has 0 aliphatic carbocycles. The Hall–Kier alpha value is -1.85. The molecule has 0 aliphatic heterocycles. The van der Waals surface area contributed by atoms with Crippen LogP contribution in [0.2, 0.25) is 0 Å². The lowest BCUT2D eigenvalue weighted by Crippen LogP contribution is -2.09. The highest BCUT2D eigenvalue weighted by Gasteiger charge is 2.10. The maximum atomic E-state index is 10.3. The van der Waals surface area contributed by atoms with Crippen LogP contribution in [0.3, 0.4) is 0 Å². The van der Waals surface area contributed by atoms with E-state index >= 15 is 0 Å². The van der Waals surface area contributed by atoms with E-state index in [4.69, 9.17) is 16.6 Å². The van der Waals surface area contributed by atoms with Gasteiger partial charge in [-0.1, -0.05) is 0 Å². The van der Waals surface area contributed by atoms with Gasteiger partial charge in [0.1, 0.15) is 5.82 Å². The molecule has 0 atom stereocenters. The number of rotatable bonds is 1. The Morgan fingerprint density at radius 3 is 2.64 bits per heavy atom. The van der Waals surface area contributed by atoms with Gasteiger partial charge < -0.3 is 16.6 Å². The van der Waals surface area contributed by atoms with E-state index in [9.17, 15) is 4.79 Å². The van der Waals surface area contributed by atoms with Crippen LogP contribution in [-0.4, -0.2) is 21.0 Å². The van der Waals surface area contributed by atoms with Gasteiger partial charge in [-0.3, -0.25) is 0 Å². The number of aromatic carboxylic acids is 1. The molecule has 0 aromatic carbocycles. The number of carboxylic acids is 1. The number of hydrogen-bond acceptors (Lipinski definition) is 5. The third kappa shape index (κ3) is 1.34. The molecule has 0 amide bonds. The van der Waals surface area contributed by atoms with Gasteiger partial charge in [0.25, 0.3) is 0 Å². The number of nitrogens with two attached hydrogens (primary N) is 2. The summed E-state index contributed by atoms with van der Waals surface area (Å²) in [7, 11) is 0. The van der Waals surface area contributed by atoms with Crippen molar-refractivity contribution in [2.75, 3.05) is 11.5 Å². The minimum atomic E-state index is -1.23. The average Bonchev–Trinajstić information content (AvgIpc) is 1.94. The predicted octanol–water partition coefficient (Wildman–Crippen LogP) is -0.661. The van der Waals surface area contributed by atoms with Crippen molar-refractivity contribution in [3.8, 4) is 0 Å². The molecule has 0 saturated heterocycles. The highest BCUT2D eigenvalue weighted by molar-refractivity contribution is 5.90. The van der Waals surface area contributed by atoms with Gasteiger partial charge in [0, 0.05) is 0 Å². The fourth-order valence-electron chi connectivity index (χ4n) is 0.569. The van der Waals surface area contributed by atoms with Crippen molar-refractivity contribution in [3.63, 3.8) is 0 Å². The van der Waals surface area contributed by atoms with Crippen molar-refractivity contribution in [2.24, 2.45) is 0 Å². The monoisotopic (exact) mass is 154 g/mol. The molecule has 0 aliphatic rings. The Morgan fingerprint density at radius 1 is 1.55 bits per heavy atom. The first kappa shape index (κ1) is 7.26. The first-order chi connectivity index (χ1) is 5.11. The van der Waals surface area contributed by atoms with Crippen LogP contribution in [0, 0.1) is 0 Å². The number of anilines is 2. The van der Waals surface area contributed by atoms with Gasteiger partial charge in [0.15, 0.2) is 11.5 Å². The van der Waals surface area contributed by atoms with Crippen molar-refractivity contribution in [3.05, 3.63) is 11.9 Å². The lowest BCUT2D eigenvalue weighted by atomic mass is 10.4. The summed E-state index contributed by atoms with van der Waals surface area (Å²) in [5, 5.41) is 8.45. The van der Waals surface area contributed by atoms with Crippen molar-refractivity contribution < 1.29 is 9.90 Å². The quantitative estimate of drug-likeness (QED) is 0.494. The zero-order valence-corrected chi connectivity index (χ0v) is 5.48. The maximum Gasteiger partial charge on any atom is 0.358 e. The SMILES string of the molecule is Nc1cnc(N)c(C(=O)O)n1. The molecular formula is C5H6N4O2. The fraction of sp³-hybridized carbons (Fsp3) is 0. The second-order valence-electron chi connectivity index (χ2n) is 1.83. The highest BCUT2D eigenvalue weighted by atomic mass is 16.4. The molecular weight excluding hydrogens is 148 g/mol. The predicted molar refractivity (Wildman–Crippen MR) is 37.8 cm³/mol. The molecule has 0 bridgehead atoms. The Kier molecular flexibility index (Phi) is 1.59. The highest BCUT2D eigenvalue weighted by Crippen LogP contribution is 2.05. The first-order valence-electron chi connectivity index (χ1n) is 2.72. The normalized spacial score (nSPS) is 9.45. The fourth-order valence-corrected chi connectivity index (χ4v) is 0.569. The summed E-state index contributed by atoms with van der Waals surface area (Å²) >= 11 is 0. The Morgan fingerprint density at radius 2 is 2.18 bits per heavy atom. The van der Waals surface area contributed by atoms with Crippen LogP contribution in [0.1, 0.15) is 10.5 Å². The number of carbonyl (C=O) groups is 1. The van der Waals surface area contributed by atoms with Crippen LogP contribution in [-0.2, 0) is 0 Å². The number of hydrogen-bond donors (Lipinski definition) is 3. The van der Waals surface area contributed by atoms with Crippen LogP contribution in [0.5, 0.6) is 0 Å². The topological polar surface area (TPSA) is 115 Å². The molecule has 0 spiro atoms. The van der Waals surface area contributed by atoms with Crippen LogP contribution in [0.15, 0.2) is 6.20 Å². The molecule has 6 heteroatoms. The average molecular weight is 154 g/mol. The van der Waals surface area contributed by atoms with Crippen LogP contribution >= 0.6 is 0 Å². The standard InChI is InChI=1S/C5H6N4O2/c6-2-1-8-4(7)3(9-2)5(10)11/h1H,(H2,6,9)(H2,7,8)(H,10,11). The second kappa shape index (κ2) is 2.41. The van der Waals surface area contributed by atoms with Gasteiger partial charge in [0.05, 0.1) is 6.20 Å². The van der Waals surface area contributed by atoms with Crippen LogP contribution < -0.4 is 11.5 Å². The zero-order valence-electron chi connectivity index (χ0n) is 5.48. The van der Waals surface area contributed by atoms with Gasteiger partial charge >= 0.3 is 5.97 Å². The molecule has 1 rings (SSSR count). The van der Waals surface area contributed by atoms with Gasteiger partial charge in [-0.05, 0) is 0 Å². The van der Waals surface area contributed by atoms with E-state index in [0.29, 0.717) is 0 Å². The summed E-state index contributed by atoms with van der Waals surface area (Å²) in [5.74, 6) is -1.33. The van der Waals surface area contributed by atoms with Gasteiger partial charge in [-0.15, -0.1) is 0 Å². The van der Waals surface area contributed by atoms with Gasteiger partial charge in [0.2, 0.25) is 0 Å². The zero-order chi connectivity index (χ0) is 8.43. The van der Waals surface area contributed by atoms with Crippen molar-refractivity contribution in [1.82, 2.24) is 9.97 Å². The molecule has 0 radical (unpaired) electrons. The lowest BCUT2D eigenvalue weighted by molar-refractivity contribution is 0.0691. The summed E-state index contributed by atoms with van der Waals surface area (Å²) in [4.78, 5) is 17.3. The van der Waals surface area contributed by atoms with E-state index < -0.39 is 5.97 Å². The van der Waals surface area contributed by atoms with E-state index in [1.807, 2.05) is 0 Å². The van der Waals surface area contributed by atoms with Crippen molar-refractivity contribution in [1.29, 1.82) is 0 Å². The third-order valence-electron chi connectivity index (χ3n) is 1.02. The Balaban J connectivity index is 3.23. The molecule has 11 heavy (non-hydrogen) atoms.